The van der Waals surface area contributed by atoms with Crippen LogP contribution >= 0.6 is 0 Å². The number of rotatable bonds is 10. The molecule has 200 valence electrons. The lowest BCUT2D eigenvalue weighted by Gasteiger charge is -2.12. The second kappa shape index (κ2) is 11.8. The molecule has 3 aromatic carbocycles. The maximum atomic E-state index is 15.2. The maximum absolute atomic E-state index is 15.2. The quantitative estimate of drug-likeness (QED) is 0.162. The Kier molecular flexibility index (Phi) is 8.51. The molecule has 4 rings (SSSR count). The summed E-state index contributed by atoms with van der Waals surface area (Å²) in [7, 11) is 1.65. The fourth-order valence-electron chi connectivity index (χ4n) is 4.05. The lowest BCUT2D eigenvalue weighted by molar-refractivity contribution is -0.154. The third kappa shape index (κ3) is 6.80. The van der Waals surface area contributed by atoms with E-state index in [1.54, 1.807) is 49.8 Å². The van der Waals surface area contributed by atoms with Gasteiger partial charge in [-0.3, -0.25) is 0 Å². The van der Waals surface area contributed by atoms with Gasteiger partial charge in [-0.05, 0) is 66.0 Å². The van der Waals surface area contributed by atoms with Crippen LogP contribution in [0.4, 0.5) is 26.3 Å². The summed E-state index contributed by atoms with van der Waals surface area (Å²) in [5, 5.41) is 1.01. The lowest BCUT2D eigenvalue weighted by Crippen LogP contribution is -2.20. The molecule has 0 unspecified atom stereocenters. The van der Waals surface area contributed by atoms with Crippen molar-refractivity contribution in [1.82, 2.24) is 9.97 Å². The topological polar surface area (TPSA) is 44.2 Å². The Labute approximate surface area is 215 Å². The molecule has 0 saturated carbocycles. The highest BCUT2D eigenvalue weighted by Crippen LogP contribution is 2.29. The molecule has 0 aliphatic carbocycles. The minimum Gasteiger partial charge on any atom is -0.478 e. The number of methoxy groups -OCH3 is 1. The first-order chi connectivity index (χ1) is 18.1. The van der Waals surface area contributed by atoms with Gasteiger partial charge in [0.25, 0.3) is 0 Å². The van der Waals surface area contributed by atoms with E-state index in [1.165, 1.54) is 0 Å². The van der Waals surface area contributed by atoms with Gasteiger partial charge in [0, 0.05) is 37.1 Å². The number of benzene rings is 3. The molecule has 4 nitrogen and oxygen atoms in total. The molecule has 0 aliphatic rings. The Morgan fingerprint density at radius 3 is 2.18 bits per heavy atom. The number of ether oxygens (including phenoxy) is 2. The maximum Gasteiger partial charge on any atom is 0.422 e. The Morgan fingerprint density at radius 2 is 1.53 bits per heavy atom. The van der Waals surface area contributed by atoms with Gasteiger partial charge in [0.15, 0.2) is 29.8 Å². The Bertz CT molecular complexity index is 1380. The predicted octanol–water partition coefficient (Wildman–Crippen LogP) is 7.02. The van der Waals surface area contributed by atoms with Crippen molar-refractivity contribution in [2.75, 3.05) is 20.3 Å². The number of fused-ring (bicyclic) bond motifs is 1. The number of alkyl halides is 3. The minimum absolute atomic E-state index is 0.0679. The van der Waals surface area contributed by atoms with Crippen LogP contribution in [0.1, 0.15) is 23.1 Å². The average molecular weight is 535 g/mol. The zero-order valence-corrected chi connectivity index (χ0v) is 20.4. The van der Waals surface area contributed by atoms with Crippen molar-refractivity contribution in [3.05, 3.63) is 89.0 Å². The summed E-state index contributed by atoms with van der Waals surface area (Å²) < 4.78 is 89.7. The monoisotopic (exact) mass is 534 g/mol. The first kappa shape index (κ1) is 27.4. The molecule has 0 saturated heterocycles. The second-order valence-corrected chi connectivity index (χ2v) is 8.78. The molecule has 0 amide bonds. The van der Waals surface area contributed by atoms with Crippen molar-refractivity contribution in [2.45, 2.75) is 31.9 Å². The first-order valence-corrected chi connectivity index (χ1v) is 11.8. The molecule has 0 atom stereocenters. The fourth-order valence-corrected chi connectivity index (χ4v) is 4.05. The number of hydrogen-bond acceptors (Lipinski definition) is 4. The van der Waals surface area contributed by atoms with Gasteiger partial charge in [-0.25, -0.2) is 23.1 Å². The van der Waals surface area contributed by atoms with E-state index in [-0.39, 0.29) is 18.4 Å². The molecular weight excluding hydrogens is 510 g/mol. The smallest absolute Gasteiger partial charge is 0.422 e. The third-order valence-electron chi connectivity index (χ3n) is 5.93. The van der Waals surface area contributed by atoms with Gasteiger partial charge in [0.1, 0.15) is 5.82 Å². The molecule has 4 aromatic rings. The van der Waals surface area contributed by atoms with Gasteiger partial charge in [-0.2, -0.15) is 13.2 Å². The first-order valence-electron chi connectivity index (χ1n) is 11.8. The highest BCUT2D eigenvalue weighted by Gasteiger charge is 2.30. The SMILES string of the molecule is COCCCc1cnc(-c2ccc3c(F)c(CCc4cc(F)c(OCC(F)(F)F)c(F)c4)ccc3c2)nc1. The molecule has 1 aromatic heterocycles. The van der Waals surface area contributed by atoms with Crippen molar-refractivity contribution in [3.8, 4) is 17.1 Å². The van der Waals surface area contributed by atoms with Crippen molar-refractivity contribution in [2.24, 2.45) is 0 Å². The molecule has 0 radical (unpaired) electrons. The molecule has 0 N–H and O–H groups in total. The van der Waals surface area contributed by atoms with E-state index in [9.17, 15) is 22.0 Å². The zero-order chi connectivity index (χ0) is 27.3. The molecule has 0 aliphatic heterocycles. The number of aryl methyl sites for hydroxylation is 3. The van der Waals surface area contributed by atoms with Crippen LogP contribution in [0.15, 0.2) is 54.9 Å². The summed E-state index contributed by atoms with van der Waals surface area (Å²) in [6.07, 6.45) is 0.640. The van der Waals surface area contributed by atoms with E-state index in [0.717, 1.165) is 36.1 Å². The van der Waals surface area contributed by atoms with E-state index < -0.39 is 36.0 Å². The van der Waals surface area contributed by atoms with Crippen molar-refractivity contribution in [3.63, 3.8) is 0 Å². The lowest BCUT2D eigenvalue weighted by atomic mass is 9.98. The minimum atomic E-state index is -4.73. The molecule has 0 fully saturated rings. The van der Waals surface area contributed by atoms with Gasteiger partial charge >= 0.3 is 6.18 Å². The van der Waals surface area contributed by atoms with E-state index in [1.807, 2.05) is 0 Å². The molecule has 38 heavy (non-hydrogen) atoms. The molecular formula is C28H24F6N2O2. The Balaban J connectivity index is 1.46. The molecule has 1 heterocycles. The van der Waals surface area contributed by atoms with Gasteiger partial charge in [0.05, 0.1) is 0 Å². The van der Waals surface area contributed by atoms with Crippen molar-refractivity contribution in [1.29, 1.82) is 0 Å². The number of aromatic nitrogens is 2. The van der Waals surface area contributed by atoms with Crippen LogP contribution in [0.5, 0.6) is 5.75 Å². The van der Waals surface area contributed by atoms with Crippen LogP contribution in [-0.2, 0) is 24.0 Å². The van der Waals surface area contributed by atoms with Crippen molar-refractivity contribution < 1.29 is 35.8 Å². The third-order valence-corrected chi connectivity index (χ3v) is 5.93. The van der Waals surface area contributed by atoms with Gasteiger partial charge in [-0.1, -0.05) is 24.3 Å². The van der Waals surface area contributed by atoms with E-state index in [0.29, 0.717) is 28.8 Å². The highest BCUT2D eigenvalue weighted by atomic mass is 19.4. The van der Waals surface area contributed by atoms with Crippen LogP contribution in [0, 0.1) is 17.5 Å². The summed E-state index contributed by atoms with van der Waals surface area (Å²) in [6.45, 7) is -1.16. The van der Waals surface area contributed by atoms with Crippen LogP contribution in [0.2, 0.25) is 0 Å². The molecule has 0 spiro atoms. The summed E-state index contributed by atoms with van der Waals surface area (Å²) in [5.41, 5.74) is 2.22. The summed E-state index contributed by atoms with van der Waals surface area (Å²) in [6, 6.07) is 10.3. The second-order valence-electron chi connectivity index (χ2n) is 8.78. The van der Waals surface area contributed by atoms with Gasteiger partial charge in [0.2, 0.25) is 0 Å². The Hall–Kier alpha value is -3.66. The Morgan fingerprint density at radius 1 is 0.816 bits per heavy atom. The van der Waals surface area contributed by atoms with Crippen LogP contribution in [0.25, 0.3) is 22.2 Å². The molecule has 10 heteroatoms. The largest absolute Gasteiger partial charge is 0.478 e. The predicted molar refractivity (Wildman–Crippen MR) is 130 cm³/mol. The summed E-state index contributed by atoms with van der Waals surface area (Å²) >= 11 is 0. The van der Waals surface area contributed by atoms with Crippen LogP contribution in [-0.4, -0.2) is 36.5 Å². The molecule has 0 bridgehead atoms. The standard InChI is InChI=1S/C28H24F6N2O2/c1-37-10-2-3-18-14-35-27(36-15-18)21-8-9-22-20(13-21)7-6-19(25(22)31)5-4-17-11-23(29)26(24(30)12-17)38-16-28(32,33)34/h6-9,11-15H,2-5,10,16H2,1H3. The number of halogens is 6. The van der Waals surface area contributed by atoms with Gasteiger partial charge in [-0.15, -0.1) is 0 Å². The highest BCUT2D eigenvalue weighted by molar-refractivity contribution is 5.87. The summed E-state index contributed by atoms with van der Waals surface area (Å²) in [4.78, 5) is 8.82. The number of hydrogen-bond donors (Lipinski definition) is 0. The summed E-state index contributed by atoms with van der Waals surface area (Å²) in [5.74, 6) is -3.54. The average Bonchev–Trinajstić information content (AvgIpc) is 2.87. The van der Waals surface area contributed by atoms with E-state index >= 15 is 4.39 Å². The van der Waals surface area contributed by atoms with Crippen LogP contribution in [0.3, 0.4) is 0 Å². The van der Waals surface area contributed by atoms with Crippen LogP contribution < -0.4 is 4.74 Å². The zero-order valence-electron chi connectivity index (χ0n) is 20.4. The number of nitrogens with zero attached hydrogens (tertiary/aromatic N) is 2. The van der Waals surface area contributed by atoms with Gasteiger partial charge < -0.3 is 9.47 Å². The van der Waals surface area contributed by atoms with E-state index in [4.69, 9.17) is 4.74 Å². The fraction of sp³-hybridized carbons (Fsp3) is 0.286. The normalized spacial score (nSPS) is 11.8. The van der Waals surface area contributed by atoms with E-state index in [2.05, 4.69) is 14.7 Å². The van der Waals surface area contributed by atoms with Crippen molar-refractivity contribution >= 4 is 10.8 Å².